The molecule has 0 unspecified atom stereocenters. The monoisotopic (exact) mass is 449 g/mol. The molecule has 0 aliphatic heterocycles. The Labute approximate surface area is 177 Å². The van der Waals surface area contributed by atoms with Crippen LogP contribution in [0.25, 0.3) is 21.5 Å². The second-order valence-electron chi connectivity index (χ2n) is 6.51. The SMILES string of the molecule is Cc1nc(-c2ccc(C(F)(F)F)cc2)sc1CSc1ccc2oc(C(=O)O)cc2c1. The lowest BCUT2D eigenvalue weighted by molar-refractivity contribution is -0.137. The summed E-state index contributed by atoms with van der Waals surface area (Å²) in [6, 6.07) is 11.9. The Balaban J connectivity index is 1.50. The average molecular weight is 449 g/mol. The van der Waals surface area contributed by atoms with E-state index in [1.54, 1.807) is 17.8 Å². The van der Waals surface area contributed by atoms with Gasteiger partial charge in [0, 0.05) is 26.5 Å². The van der Waals surface area contributed by atoms with Crippen LogP contribution in [0.5, 0.6) is 0 Å². The van der Waals surface area contributed by atoms with Crippen LogP contribution in [0.1, 0.15) is 26.7 Å². The van der Waals surface area contributed by atoms with Crippen LogP contribution < -0.4 is 0 Å². The van der Waals surface area contributed by atoms with Gasteiger partial charge in [0.25, 0.3) is 0 Å². The number of aromatic nitrogens is 1. The third-order valence-electron chi connectivity index (χ3n) is 4.42. The van der Waals surface area contributed by atoms with E-state index in [0.29, 0.717) is 27.3 Å². The van der Waals surface area contributed by atoms with Crippen molar-refractivity contribution in [2.45, 2.75) is 23.7 Å². The van der Waals surface area contributed by atoms with Crippen molar-refractivity contribution in [3.8, 4) is 10.6 Å². The molecule has 0 amide bonds. The lowest BCUT2D eigenvalue weighted by Gasteiger charge is -2.06. The number of hydrogen-bond acceptors (Lipinski definition) is 5. The quantitative estimate of drug-likeness (QED) is 0.337. The fourth-order valence-corrected chi connectivity index (χ4v) is 5.01. The van der Waals surface area contributed by atoms with Gasteiger partial charge in [-0.05, 0) is 43.3 Å². The van der Waals surface area contributed by atoms with Crippen molar-refractivity contribution in [2.75, 3.05) is 0 Å². The number of carboxylic acid groups (broad SMARTS) is 1. The maximum Gasteiger partial charge on any atom is 0.416 e. The molecular formula is C21H14F3NO3S2. The van der Waals surface area contributed by atoms with E-state index in [1.165, 1.54) is 29.5 Å². The molecule has 0 fully saturated rings. The van der Waals surface area contributed by atoms with Gasteiger partial charge in [0.1, 0.15) is 10.6 Å². The van der Waals surface area contributed by atoms with Gasteiger partial charge < -0.3 is 9.52 Å². The maximum absolute atomic E-state index is 12.7. The number of rotatable bonds is 5. The highest BCUT2D eigenvalue weighted by Crippen LogP contribution is 2.35. The lowest BCUT2D eigenvalue weighted by Crippen LogP contribution is -2.03. The highest BCUT2D eigenvalue weighted by Gasteiger charge is 2.30. The van der Waals surface area contributed by atoms with Crippen LogP contribution in [0.2, 0.25) is 0 Å². The number of halogens is 3. The molecule has 4 aromatic rings. The highest BCUT2D eigenvalue weighted by atomic mass is 32.2. The second-order valence-corrected chi connectivity index (χ2v) is 8.64. The van der Waals surface area contributed by atoms with Crippen LogP contribution >= 0.6 is 23.1 Å². The molecule has 2 heterocycles. The first-order valence-electron chi connectivity index (χ1n) is 8.74. The summed E-state index contributed by atoms with van der Waals surface area (Å²) in [5, 5.41) is 10.4. The average Bonchev–Trinajstić information content (AvgIpc) is 3.29. The molecule has 4 nitrogen and oxygen atoms in total. The van der Waals surface area contributed by atoms with Crippen LogP contribution in [-0.4, -0.2) is 16.1 Å². The number of fused-ring (bicyclic) bond motifs is 1. The zero-order valence-corrected chi connectivity index (χ0v) is 17.1. The van der Waals surface area contributed by atoms with Crippen LogP contribution in [0.4, 0.5) is 13.2 Å². The predicted octanol–water partition coefficient (Wildman–Crippen LogP) is 6.87. The summed E-state index contributed by atoms with van der Waals surface area (Å²) in [4.78, 5) is 17.5. The summed E-state index contributed by atoms with van der Waals surface area (Å²) in [6.45, 7) is 1.87. The molecule has 0 aliphatic rings. The molecular weight excluding hydrogens is 435 g/mol. The zero-order valence-electron chi connectivity index (χ0n) is 15.5. The Morgan fingerprint density at radius 1 is 1.17 bits per heavy atom. The first kappa shape index (κ1) is 20.5. The third kappa shape index (κ3) is 4.22. The second kappa shape index (κ2) is 7.81. The summed E-state index contributed by atoms with van der Waals surface area (Å²) in [5.41, 5.74) is 1.31. The lowest BCUT2D eigenvalue weighted by atomic mass is 10.1. The van der Waals surface area contributed by atoms with E-state index in [4.69, 9.17) is 9.52 Å². The van der Waals surface area contributed by atoms with E-state index < -0.39 is 17.7 Å². The Kier molecular flexibility index (Phi) is 5.33. The van der Waals surface area contributed by atoms with Gasteiger partial charge in [-0.2, -0.15) is 13.2 Å². The minimum Gasteiger partial charge on any atom is -0.475 e. The predicted molar refractivity (Wildman–Crippen MR) is 110 cm³/mol. The fraction of sp³-hybridized carbons (Fsp3) is 0.143. The normalized spacial score (nSPS) is 11.9. The van der Waals surface area contributed by atoms with Gasteiger partial charge >= 0.3 is 12.1 Å². The number of hydrogen-bond donors (Lipinski definition) is 1. The van der Waals surface area contributed by atoms with Crippen LogP contribution in [0.15, 0.2) is 57.8 Å². The molecule has 30 heavy (non-hydrogen) atoms. The van der Waals surface area contributed by atoms with Gasteiger partial charge in [-0.15, -0.1) is 23.1 Å². The van der Waals surface area contributed by atoms with Crippen LogP contribution in [-0.2, 0) is 11.9 Å². The smallest absolute Gasteiger partial charge is 0.416 e. The number of carbonyl (C=O) groups is 1. The molecule has 0 bridgehead atoms. The van der Waals surface area contributed by atoms with Crippen molar-refractivity contribution >= 4 is 40.0 Å². The Hall–Kier alpha value is -2.78. The van der Waals surface area contributed by atoms with Crippen molar-refractivity contribution in [3.05, 3.63) is 70.4 Å². The van der Waals surface area contributed by atoms with Crippen molar-refractivity contribution in [2.24, 2.45) is 0 Å². The van der Waals surface area contributed by atoms with Gasteiger partial charge in [0.05, 0.1) is 11.3 Å². The van der Waals surface area contributed by atoms with Gasteiger partial charge in [0.15, 0.2) is 0 Å². The molecule has 2 aromatic carbocycles. The Bertz CT molecular complexity index is 1230. The maximum atomic E-state index is 12.7. The summed E-state index contributed by atoms with van der Waals surface area (Å²) >= 11 is 3.01. The summed E-state index contributed by atoms with van der Waals surface area (Å²) in [7, 11) is 0. The highest BCUT2D eigenvalue weighted by molar-refractivity contribution is 7.98. The number of furan rings is 1. The van der Waals surface area contributed by atoms with Gasteiger partial charge in [-0.25, -0.2) is 9.78 Å². The van der Waals surface area contributed by atoms with E-state index in [0.717, 1.165) is 27.6 Å². The Morgan fingerprint density at radius 3 is 2.57 bits per heavy atom. The first-order valence-corrected chi connectivity index (χ1v) is 10.5. The number of carboxylic acids is 1. The third-order valence-corrected chi connectivity index (χ3v) is 6.83. The number of thioether (sulfide) groups is 1. The number of aryl methyl sites for hydroxylation is 1. The van der Waals surface area contributed by atoms with Crippen molar-refractivity contribution in [1.82, 2.24) is 4.98 Å². The molecule has 0 saturated carbocycles. The summed E-state index contributed by atoms with van der Waals surface area (Å²) in [6.07, 6.45) is -4.36. The van der Waals surface area contributed by atoms with Gasteiger partial charge in [-0.1, -0.05) is 12.1 Å². The fourth-order valence-electron chi connectivity index (χ4n) is 2.85. The van der Waals surface area contributed by atoms with E-state index >= 15 is 0 Å². The Morgan fingerprint density at radius 2 is 1.90 bits per heavy atom. The molecule has 4 rings (SSSR count). The van der Waals surface area contributed by atoms with Gasteiger partial charge in [-0.3, -0.25) is 0 Å². The number of benzene rings is 2. The van der Waals surface area contributed by atoms with Crippen molar-refractivity contribution < 1.29 is 27.5 Å². The molecule has 0 saturated heterocycles. The van der Waals surface area contributed by atoms with Crippen LogP contribution in [0, 0.1) is 6.92 Å². The van der Waals surface area contributed by atoms with Gasteiger partial charge in [0.2, 0.25) is 5.76 Å². The number of thiazole rings is 1. The molecule has 0 spiro atoms. The van der Waals surface area contributed by atoms with E-state index in [1.807, 2.05) is 19.1 Å². The number of aromatic carboxylic acids is 1. The summed E-state index contributed by atoms with van der Waals surface area (Å²) < 4.78 is 43.5. The molecule has 1 N–H and O–H groups in total. The number of alkyl halides is 3. The van der Waals surface area contributed by atoms with E-state index in [2.05, 4.69) is 4.98 Å². The molecule has 154 valence electrons. The molecule has 0 aliphatic carbocycles. The van der Waals surface area contributed by atoms with E-state index in [-0.39, 0.29) is 5.76 Å². The van der Waals surface area contributed by atoms with E-state index in [9.17, 15) is 18.0 Å². The minimum atomic E-state index is -4.36. The van der Waals surface area contributed by atoms with Crippen molar-refractivity contribution in [3.63, 3.8) is 0 Å². The largest absolute Gasteiger partial charge is 0.475 e. The number of nitrogens with zero attached hydrogens (tertiary/aromatic N) is 1. The summed E-state index contributed by atoms with van der Waals surface area (Å²) in [5.74, 6) is -0.581. The zero-order chi connectivity index (χ0) is 21.5. The molecule has 0 atom stereocenters. The first-order chi connectivity index (χ1) is 14.2. The molecule has 0 radical (unpaired) electrons. The topological polar surface area (TPSA) is 63.3 Å². The molecule has 9 heteroatoms. The minimum absolute atomic E-state index is 0.105. The van der Waals surface area contributed by atoms with Crippen LogP contribution in [0.3, 0.4) is 0 Å². The standard InChI is InChI=1S/C21H14F3NO3S2/c1-11-18(30-19(25-11)12-2-4-14(5-3-12)21(22,23)24)10-29-15-6-7-16-13(8-15)9-17(28-16)20(26)27/h2-9H,10H2,1H3,(H,26,27). The molecule has 2 aromatic heterocycles. The van der Waals surface area contributed by atoms with Crippen molar-refractivity contribution in [1.29, 1.82) is 0 Å².